The molecule has 1 saturated heterocycles. The number of hydrogen-bond donors (Lipinski definition) is 0. The van der Waals surface area contributed by atoms with E-state index in [-0.39, 0.29) is 13.0 Å². The van der Waals surface area contributed by atoms with Crippen molar-refractivity contribution in [1.82, 2.24) is 4.98 Å². The van der Waals surface area contributed by atoms with Crippen molar-refractivity contribution in [2.75, 3.05) is 18.0 Å². The number of anilines is 1. The van der Waals surface area contributed by atoms with Crippen LogP contribution in [-0.4, -0.2) is 24.2 Å². The molecule has 96 valence electrons. The topological polar surface area (TPSA) is 16.1 Å². The van der Waals surface area contributed by atoms with Gasteiger partial charge in [-0.25, -0.2) is 4.98 Å². The summed E-state index contributed by atoms with van der Waals surface area (Å²) in [6.07, 6.45) is -2.42. The number of hydrogen-bond acceptors (Lipinski definition) is 3. The standard InChI is InChI=1S/C11H15F3N2S/c1-2-9-7-17-10(15-9)16-5-3-4-8(6-16)11(12,13)14/h7-8H,2-6H2,1H3. The van der Waals surface area contributed by atoms with Gasteiger partial charge in [-0.05, 0) is 19.3 Å². The summed E-state index contributed by atoms with van der Waals surface area (Å²) in [5, 5.41) is 2.66. The Hall–Kier alpha value is -0.780. The second-order valence-electron chi connectivity index (χ2n) is 4.30. The van der Waals surface area contributed by atoms with Crippen LogP contribution in [0.4, 0.5) is 18.3 Å². The lowest BCUT2D eigenvalue weighted by Crippen LogP contribution is -2.41. The highest BCUT2D eigenvalue weighted by Crippen LogP contribution is 2.35. The predicted octanol–water partition coefficient (Wildman–Crippen LogP) is 3.48. The molecule has 1 atom stereocenters. The van der Waals surface area contributed by atoms with Gasteiger partial charge in [-0.3, -0.25) is 0 Å². The van der Waals surface area contributed by atoms with Gasteiger partial charge in [0, 0.05) is 18.5 Å². The Morgan fingerprint density at radius 1 is 1.53 bits per heavy atom. The van der Waals surface area contributed by atoms with E-state index in [2.05, 4.69) is 4.98 Å². The van der Waals surface area contributed by atoms with Crippen LogP contribution in [0.5, 0.6) is 0 Å². The van der Waals surface area contributed by atoms with Crippen molar-refractivity contribution in [3.05, 3.63) is 11.1 Å². The molecule has 6 heteroatoms. The number of halogens is 3. The summed E-state index contributed by atoms with van der Waals surface area (Å²) >= 11 is 1.44. The lowest BCUT2D eigenvalue weighted by molar-refractivity contribution is -0.175. The van der Waals surface area contributed by atoms with E-state index in [9.17, 15) is 13.2 Å². The van der Waals surface area contributed by atoms with Crippen LogP contribution in [0.2, 0.25) is 0 Å². The minimum absolute atomic E-state index is 0.0557. The molecule has 2 rings (SSSR count). The van der Waals surface area contributed by atoms with Crippen molar-refractivity contribution in [2.45, 2.75) is 32.4 Å². The van der Waals surface area contributed by atoms with Gasteiger partial charge in [0.1, 0.15) is 0 Å². The van der Waals surface area contributed by atoms with E-state index in [1.54, 1.807) is 4.90 Å². The maximum atomic E-state index is 12.7. The van der Waals surface area contributed by atoms with E-state index < -0.39 is 12.1 Å². The lowest BCUT2D eigenvalue weighted by Gasteiger charge is -2.33. The third-order valence-corrected chi connectivity index (χ3v) is 4.01. The van der Waals surface area contributed by atoms with E-state index in [1.807, 2.05) is 12.3 Å². The molecule has 1 aromatic heterocycles. The van der Waals surface area contributed by atoms with Crippen molar-refractivity contribution < 1.29 is 13.2 Å². The van der Waals surface area contributed by atoms with Crippen LogP contribution < -0.4 is 4.90 Å². The van der Waals surface area contributed by atoms with Gasteiger partial charge < -0.3 is 4.90 Å². The van der Waals surface area contributed by atoms with Crippen LogP contribution in [-0.2, 0) is 6.42 Å². The van der Waals surface area contributed by atoms with Gasteiger partial charge >= 0.3 is 6.18 Å². The summed E-state index contributed by atoms with van der Waals surface area (Å²) in [6.45, 7) is 2.73. The quantitative estimate of drug-likeness (QED) is 0.813. The minimum Gasteiger partial charge on any atom is -0.347 e. The number of aryl methyl sites for hydroxylation is 1. The number of aromatic nitrogens is 1. The summed E-state index contributed by atoms with van der Waals surface area (Å²) in [5.74, 6) is -1.20. The third-order valence-electron chi connectivity index (χ3n) is 3.06. The number of nitrogens with zero attached hydrogens (tertiary/aromatic N) is 2. The maximum Gasteiger partial charge on any atom is 0.393 e. The van der Waals surface area contributed by atoms with Crippen molar-refractivity contribution >= 4 is 16.5 Å². The molecule has 1 aliphatic heterocycles. The molecule has 0 aliphatic carbocycles. The molecule has 1 unspecified atom stereocenters. The molecule has 0 radical (unpaired) electrons. The van der Waals surface area contributed by atoms with Crippen molar-refractivity contribution in [2.24, 2.45) is 5.92 Å². The van der Waals surface area contributed by atoms with Crippen molar-refractivity contribution in [3.63, 3.8) is 0 Å². The number of piperidine rings is 1. The fourth-order valence-corrected chi connectivity index (χ4v) is 2.97. The van der Waals surface area contributed by atoms with Crippen LogP contribution in [0, 0.1) is 5.92 Å². The zero-order chi connectivity index (χ0) is 12.5. The van der Waals surface area contributed by atoms with E-state index in [4.69, 9.17) is 0 Å². The largest absolute Gasteiger partial charge is 0.393 e. The zero-order valence-electron chi connectivity index (χ0n) is 9.63. The Bertz CT molecular complexity index is 375. The second-order valence-corrected chi connectivity index (χ2v) is 5.14. The fourth-order valence-electron chi connectivity index (χ4n) is 2.02. The predicted molar refractivity (Wildman–Crippen MR) is 62.5 cm³/mol. The molecule has 2 nitrogen and oxygen atoms in total. The first-order chi connectivity index (χ1) is 8.00. The Labute approximate surface area is 102 Å². The summed E-state index contributed by atoms with van der Waals surface area (Å²) in [4.78, 5) is 6.12. The highest BCUT2D eigenvalue weighted by molar-refractivity contribution is 7.13. The summed E-state index contributed by atoms with van der Waals surface area (Å²) in [7, 11) is 0. The number of thiazole rings is 1. The Balaban J connectivity index is 2.06. The van der Waals surface area contributed by atoms with Crippen LogP contribution >= 0.6 is 11.3 Å². The molecule has 0 aromatic carbocycles. The first-order valence-corrected chi connectivity index (χ1v) is 6.64. The molecule has 17 heavy (non-hydrogen) atoms. The van der Waals surface area contributed by atoms with E-state index in [0.717, 1.165) is 17.2 Å². The van der Waals surface area contributed by atoms with Crippen LogP contribution in [0.25, 0.3) is 0 Å². The minimum atomic E-state index is -4.08. The molecule has 1 aromatic rings. The number of alkyl halides is 3. The Morgan fingerprint density at radius 3 is 2.88 bits per heavy atom. The lowest BCUT2D eigenvalue weighted by atomic mass is 9.98. The van der Waals surface area contributed by atoms with Gasteiger partial charge in [0.05, 0.1) is 11.6 Å². The van der Waals surface area contributed by atoms with E-state index in [0.29, 0.717) is 13.0 Å². The van der Waals surface area contributed by atoms with Gasteiger partial charge in [-0.2, -0.15) is 13.2 Å². The molecule has 0 N–H and O–H groups in total. The molecule has 2 heterocycles. The molecule has 0 bridgehead atoms. The molecule has 1 aliphatic rings. The summed E-state index contributed by atoms with van der Waals surface area (Å²) in [6, 6.07) is 0. The third kappa shape index (κ3) is 2.91. The summed E-state index contributed by atoms with van der Waals surface area (Å²) in [5.41, 5.74) is 0.958. The molecule has 0 saturated carbocycles. The molecule has 0 spiro atoms. The average molecular weight is 264 g/mol. The Morgan fingerprint density at radius 2 is 2.29 bits per heavy atom. The van der Waals surface area contributed by atoms with Gasteiger partial charge in [0.15, 0.2) is 5.13 Å². The van der Waals surface area contributed by atoms with Crippen molar-refractivity contribution in [1.29, 1.82) is 0 Å². The fraction of sp³-hybridized carbons (Fsp3) is 0.727. The highest BCUT2D eigenvalue weighted by atomic mass is 32.1. The second kappa shape index (κ2) is 4.84. The van der Waals surface area contributed by atoms with Crippen LogP contribution in [0.3, 0.4) is 0 Å². The molecule has 0 amide bonds. The monoisotopic (exact) mass is 264 g/mol. The smallest absolute Gasteiger partial charge is 0.347 e. The maximum absolute atomic E-state index is 12.7. The van der Waals surface area contributed by atoms with Crippen molar-refractivity contribution in [3.8, 4) is 0 Å². The normalized spacial score (nSPS) is 21.9. The summed E-state index contributed by atoms with van der Waals surface area (Å²) < 4.78 is 38.0. The zero-order valence-corrected chi connectivity index (χ0v) is 10.4. The molecular formula is C11H15F3N2S. The van der Waals surface area contributed by atoms with E-state index >= 15 is 0 Å². The SMILES string of the molecule is CCc1csc(N2CCCC(C(F)(F)F)C2)n1. The van der Waals surface area contributed by atoms with E-state index in [1.165, 1.54) is 11.3 Å². The number of rotatable bonds is 2. The highest BCUT2D eigenvalue weighted by Gasteiger charge is 2.42. The molecular weight excluding hydrogens is 249 g/mol. The first kappa shape index (κ1) is 12.7. The molecule has 1 fully saturated rings. The van der Waals surface area contributed by atoms with Gasteiger partial charge in [0.25, 0.3) is 0 Å². The Kier molecular flexibility index (Phi) is 3.61. The average Bonchev–Trinajstić information content (AvgIpc) is 2.76. The first-order valence-electron chi connectivity index (χ1n) is 5.76. The van der Waals surface area contributed by atoms with Gasteiger partial charge in [-0.1, -0.05) is 6.92 Å². The van der Waals surface area contributed by atoms with Crippen LogP contribution in [0.1, 0.15) is 25.5 Å². The van der Waals surface area contributed by atoms with Gasteiger partial charge in [-0.15, -0.1) is 11.3 Å². The van der Waals surface area contributed by atoms with Gasteiger partial charge in [0.2, 0.25) is 0 Å². The van der Waals surface area contributed by atoms with Crippen LogP contribution in [0.15, 0.2) is 5.38 Å².